The van der Waals surface area contributed by atoms with Gasteiger partial charge in [0.05, 0.1) is 98.9 Å². The summed E-state index contributed by atoms with van der Waals surface area (Å²) in [4.78, 5) is 11.2. The van der Waals surface area contributed by atoms with E-state index >= 15 is 0 Å². The third kappa shape index (κ3) is 39.2. The van der Waals surface area contributed by atoms with Crippen LogP contribution in [0.5, 0.6) is 0 Å². The molecule has 0 atom stereocenters. The van der Waals surface area contributed by atoms with Gasteiger partial charge in [-0.1, -0.05) is 103 Å². The Balaban J connectivity index is 3.05. The maximum absolute atomic E-state index is 11.2. The number of carbonyl (C=O) groups is 1. The molecule has 0 aromatic carbocycles. The van der Waals surface area contributed by atoms with Crippen LogP contribution in [-0.2, 0) is 42.7 Å². The number of unbranched alkanes of at least 4 members (excludes halogenated alkanes) is 15. The maximum Gasteiger partial charge on any atom is 0.308 e. The molecule has 0 aromatic rings. The van der Waals surface area contributed by atoms with Crippen LogP contribution in [-0.4, -0.2) is 105 Å². The van der Waals surface area contributed by atoms with Crippen LogP contribution < -0.4 is 0 Å². The monoisotopic (exact) mass is 635 g/mol. The molecule has 0 N–H and O–H groups in total. The molecular formula is C35H70O9. The van der Waals surface area contributed by atoms with Gasteiger partial charge in [0.2, 0.25) is 0 Å². The molecule has 9 nitrogen and oxygen atoms in total. The van der Waals surface area contributed by atoms with Crippen molar-refractivity contribution in [3.8, 4) is 0 Å². The SMILES string of the molecule is CCCCCCCCCCCCCCCCCCOCCOCCOCCOCCOCCOCCOCCC(=O)OCC. The molecule has 0 heterocycles. The molecule has 0 spiro atoms. The molecule has 0 saturated heterocycles. The zero-order valence-electron chi connectivity index (χ0n) is 28.8. The summed E-state index contributed by atoms with van der Waals surface area (Å²) in [7, 11) is 0. The number of ether oxygens (including phenoxy) is 8. The normalized spacial score (nSPS) is 11.4. The highest BCUT2D eigenvalue weighted by atomic mass is 16.6. The molecule has 0 aromatic heterocycles. The molecule has 0 unspecified atom stereocenters. The van der Waals surface area contributed by atoms with Crippen molar-refractivity contribution in [3.63, 3.8) is 0 Å². The van der Waals surface area contributed by atoms with E-state index in [1.165, 1.54) is 96.3 Å². The van der Waals surface area contributed by atoms with E-state index in [0.29, 0.717) is 92.5 Å². The summed E-state index contributed by atoms with van der Waals surface area (Å²) in [6, 6.07) is 0. The van der Waals surface area contributed by atoms with E-state index in [1.54, 1.807) is 6.92 Å². The van der Waals surface area contributed by atoms with Crippen LogP contribution in [0.2, 0.25) is 0 Å². The van der Waals surface area contributed by atoms with Crippen molar-refractivity contribution in [1.29, 1.82) is 0 Å². The topological polar surface area (TPSA) is 90.9 Å². The van der Waals surface area contributed by atoms with Crippen LogP contribution >= 0.6 is 0 Å². The zero-order valence-corrected chi connectivity index (χ0v) is 28.8. The highest BCUT2D eigenvalue weighted by Crippen LogP contribution is 2.13. The summed E-state index contributed by atoms with van der Waals surface area (Å²) in [5.74, 6) is -0.239. The second-order valence-corrected chi connectivity index (χ2v) is 11.1. The van der Waals surface area contributed by atoms with Gasteiger partial charge in [0, 0.05) is 6.61 Å². The summed E-state index contributed by atoms with van der Waals surface area (Å²) >= 11 is 0. The van der Waals surface area contributed by atoms with Crippen molar-refractivity contribution in [2.45, 2.75) is 123 Å². The second-order valence-electron chi connectivity index (χ2n) is 11.1. The van der Waals surface area contributed by atoms with Crippen molar-refractivity contribution >= 4 is 5.97 Å². The molecule has 9 heteroatoms. The molecular weight excluding hydrogens is 564 g/mol. The van der Waals surface area contributed by atoms with Crippen molar-refractivity contribution < 1.29 is 42.7 Å². The van der Waals surface area contributed by atoms with Gasteiger partial charge in [0.25, 0.3) is 0 Å². The van der Waals surface area contributed by atoms with Gasteiger partial charge in [0.1, 0.15) is 0 Å². The van der Waals surface area contributed by atoms with Gasteiger partial charge in [-0.3, -0.25) is 4.79 Å². The first-order chi connectivity index (χ1) is 21.8. The van der Waals surface area contributed by atoms with Gasteiger partial charge < -0.3 is 37.9 Å². The van der Waals surface area contributed by atoms with Gasteiger partial charge in [-0.05, 0) is 13.3 Å². The molecule has 0 radical (unpaired) electrons. The van der Waals surface area contributed by atoms with Crippen LogP contribution in [0.3, 0.4) is 0 Å². The predicted octanol–water partition coefficient (Wildman–Crippen LogP) is 7.32. The van der Waals surface area contributed by atoms with Crippen LogP contribution in [0.4, 0.5) is 0 Å². The lowest BCUT2D eigenvalue weighted by molar-refractivity contribution is -0.144. The zero-order chi connectivity index (χ0) is 31.9. The first kappa shape index (κ1) is 43.2. The molecule has 264 valence electrons. The molecule has 0 aliphatic heterocycles. The van der Waals surface area contributed by atoms with Crippen molar-refractivity contribution in [1.82, 2.24) is 0 Å². The Kier molecular flexibility index (Phi) is 39.5. The Morgan fingerprint density at radius 1 is 0.341 bits per heavy atom. The summed E-state index contributed by atoms with van der Waals surface area (Å²) < 4.78 is 43.2. The first-order valence-electron chi connectivity index (χ1n) is 18.0. The molecule has 44 heavy (non-hydrogen) atoms. The summed E-state index contributed by atoms with van der Waals surface area (Å²) in [5.41, 5.74) is 0. The fourth-order valence-corrected chi connectivity index (χ4v) is 4.56. The van der Waals surface area contributed by atoms with E-state index < -0.39 is 0 Å². The standard InChI is InChI=1S/C35H70O9/c1-3-5-6-7-8-9-10-11-12-13-14-15-16-17-18-19-21-37-23-25-39-27-29-41-31-33-43-34-32-42-30-28-40-26-24-38-22-20-35(36)44-4-2/h3-34H2,1-2H3. The molecule has 0 aliphatic carbocycles. The van der Waals surface area contributed by atoms with Crippen LogP contribution in [0, 0.1) is 0 Å². The molecule has 0 aliphatic rings. The Morgan fingerprint density at radius 2 is 0.614 bits per heavy atom. The quantitative estimate of drug-likeness (QED) is 0.0510. The Labute approximate surface area is 270 Å². The highest BCUT2D eigenvalue weighted by Gasteiger charge is 2.01. The Bertz CT molecular complexity index is 536. The number of hydrogen-bond acceptors (Lipinski definition) is 9. The largest absolute Gasteiger partial charge is 0.466 e. The Hall–Kier alpha value is -0.810. The number of carbonyl (C=O) groups excluding carboxylic acids is 1. The third-order valence-electron chi connectivity index (χ3n) is 7.13. The van der Waals surface area contributed by atoms with Crippen LogP contribution in [0.15, 0.2) is 0 Å². The lowest BCUT2D eigenvalue weighted by atomic mass is 10.0. The lowest BCUT2D eigenvalue weighted by Gasteiger charge is -2.08. The summed E-state index contributed by atoms with van der Waals surface area (Å²) in [5, 5.41) is 0. The fourth-order valence-electron chi connectivity index (χ4n) is 4.56. The van der Waals surface area contributed by atoms with Crippen LogP contribution in [0.25, 0.3) is 0 Å². The molecule has 0 fully saturated rings. The van der Waals surface area contributed by atoms with E-state index in [1.807, 2.05) is 0 Å². The van der Waals surface area contributed by atoms with Crippen molar-refractivity contribution in [2.24, 2.45) is 0 Å². The lowest BCUT2D eigenvalue weighted by Crippen LogP contribution is -2.15. The van der Waals surface area contributed by atoms with Gasteiger partial charge in [-0.25, -0.2) is 0 Å². The fraction of sp³-hybridized carbons (Fsp3) is 0.971. The molecule has 0 bridgehead atoms. The second kappa shape index (κ2) is 40.2. The van der Waals surface area contributed by atoms with Crippen molar-refractivity contribution in [3.05, 3.63) is 0 Å². The molecule has 0 saturated carbocycles. The minimum absolute atomic E-state index is 0.239. The molecule has 0 rings (SSSR count). The minimum Gasteiger partial charge on any atom is -0.466 e. The number of esters is 1. The third-order valence-corrected chi connectivity index (χ3v) is 7.13. The Morgan fingerprint density at radius 3 is 0.932 bits per heavy atom. The summed E-state index contributed by atoms with van der Waals surface area (Å²) in [6.07, 6.45) is 22.5. The van der Waals surface area contributed by atoms with E-state index in [0.717, 1.165) is 13.0 Å². The summed E-state index contributed by atoms with van der Waals surface area (Å²) in [6.45, 7) is 12.1. The first-order valence-corrected chi connectivity index (χ1v) is 18.0. The van der Waals surface area contributed by atoms with E-state index in [2.05, 4.69) is 6.92 Å². The van der Waals surface area contributed by atoms with Crippen LogP contribution in [0.1, 0.15) is 123 Å². The number of rotatable bonds is 39. The van der Waals surface area contributed by atoms with E-state index in [-0.39, 0.29) is 12.4 Å². The van der Waals surface area contributed by atoms with Gasteiger partial charge >= 0.3 is 5.97 Å². The highest BCUT2D eigenvalue weighted by molar-refractivity contribution is 5.69. The predicted molar refractivity (Wildman–Crippen MR) is 177 cm³/mol. The van der Waals surface area contributed by atoms with E-state index in [9.17, 15) is 4.79 Å². The molecule has 0 amide bonds. The van der Waals surface area contributed by atoms with Gasteiger partial charge in [-0.2, -0.15) is 0 Å². The number of hydrogen-bond donors (Lipinski definition) is 0. The van der Waals surface area contributed by atoms with Gasteiger partial charge in [-0.15, -0.1) is 0 Å². The van der Waals surface area contributed by atoms with Gasteiger partial charge in [0.15, 0.2) is 0 Å². The van der Waals surface area contributed by atoms with Crippen molar-refractivity contribution in [2.75, 3.05) is 99.1 Å². The minimum atomic E-state index is -0.239. The smallest absolute Gasteiger partial charge is 0.308 e. The average molecular weight is 635 g/mol. The maximum atomic E-state index is 11.2. The van der Waals surface area contributed by atoms with E-state index in [4.69, 9.17) is 37.9 Å². The average Bonchev–Trinajstić information content (AvgIpc) is 3.02.